The Hall–Kier alpha value is -1.09. The van der Waals surface area contributed by atoms with Crippen LogP contribution in [0.15, 0.2) is 6.20 Å². The largest absolute Gasteiger partial charge is 0.496 e. The van der Waals surface area contributed by atoms with E-state index in [1.807, 2.05) is 13.1 Å². The van der Waals surface area contributed by atoms with Gasteiger partial charge in [-0.05, 0) is 45.7 Å². The highest BCUT2D eigenvalue weighted by atomic mass is 16.5. The van der Waals surface area contributed by atoms with Crippen molar-refractivity contribution in [2.24, 2.45) is 5.92 Å². The van der Waals surface area contributed by atoms with E-state index in [0.29, 0.717) is 5.92 Å². The Morgan fingerprint density at radius 1 is 1.33 bits per heavy atom. The van der Waals surface area contributed by atoms with E-state index in [1.165, 1.54) is 5.56 Å². The highest BCUT2D eigenvalue weighted by Crippen LogP contribution is 2.24. The fraction of sp³-hybridized carbons (Fsp3) is 0.667. The number of hydrogen-bond acceptors (Lipinski definition) is 3. The molecule has 1 N–H and O–H groups in total. The average Bonchev–Trinajstić information content (AvgIpc) is 2.31. The van der Waals surface area contributed by atoms with E-state index in [4.69, 9.17) is 4.74 Å². The van der Waals surface area contributed by atoms with E-state index in [-0.39, 0.29) is 0 Å². The lowest BCUT2D eigenvalue weighted by atomic mass is 10.1. The summed E-state index contributed by atoms with van der Waals surface area (Å²) >= 11 is 0. The Morgan fingerprint density at radius 3 is 2.67 bits per heavy atom. The van der Waals surface area contributed by atoms with Gasteiger partial charge < -0.3 is 10.1 Å². The zero-order chi connectivity index (χ0) is 13.5. The van der Waals surface area contributed by atoms with E-state index < -0.39 is 0 Å². The average molecular weight is 250 g/mol. The van der Waals surface area contributed by atoms with Crippen LogP contribution >= 0.6 is 0 Å². The number of rotatable bonds is 7. The maximum atomic E-state index is 5.42. The van der Waals surface area contributed by atoms with E-state index in [1.54, 1.807) is 7.11 Å². The molecule has 0 aliphatic carbocycles. The van der Waals surface area contributed by atoms with Crippen molar-refractivity contribution in [3.05, 3.63) is 23.0 Å². The minimum atomic E-state index is 0.712. The Balaban J connectivity index is 2.48. The summed E-state index contributed by atoms with van der Waals surface area (Å²) < 4.78 is 5.42. The number of aromatic nitrogens is 1. The molecular formula is C15H26N2O. The van der Waals surface area contributed by atoms with Gasteiger partial charge in [0.2, 0.25) is 0 Å². The molecule has 0 saturated carbocycles. The zero-order valence-electron chi connectivity index (χ0n) is 12.3. The van der Waals surface area contributed by atoms with Crippen LogP contribution in [-0.4, -0.2) is 25.2 Å². The number of nitrogens with one attached hydrogen (secondary N) is 1. The first-order chi connectivity index (χ1) is 8.56. The molecule has 3 heteroatoms. The van der Waals surface area contributed by atoms with Gasteiger partial charge in [0.25, 0.3) is 0 Å². The second kappa shape index (κ2) is 7.37. The maximum Gasteiger partial charge on any atom is 0.128 e. The first-order valence-corrected chi connectivity index (χ1v) is 6.76. The molecule has 0 unspecified atom stereocenters. The molecule has 0 bridgehead atoms. The van der Waals surface area contributed by atoms with Gasteiger partial charge >= 0.3 is 0 Å². The summed E-state index contributed by atoms with van der Waals surface area (Å²) in [5.74, 6) is 1.69. The van der Waals surface area contributed by atoms with Crippen LogP contribution in [0.3, 0.4) is 0 Å². The van der Waals surface area contributed by atoms with E-state index in [9.17, 15) is 0 Å². The minimum absolute atomic E-state index is 0.712. The standard InChI is InChI=1S/C15H26N2O/c1-11(2)9-16-8-6-7-14-13(4)15(18-5)12(3)10-17-14/h10-11,16H,6-9H2,1-5H3. The third-order valence-electron chi connectivity index (χ3n) is 3.07. The van der Waals surface area contributed by atoms with Gasteiger partial charge in [0, 0.05) is 23.0 Å². The SMILES string of the molecule is COc1c(C)cnc(CCCNCC(C)C)c1C. The number of aryl methyl sites for hydroxylation is 2. The van der Waals surface area contributed by atoms with Crippen molar-refractivity contribution in [1.82, 2.24) is 10.3 Å². The smallest absolute Gasteiger partial charge is 0.128 e. The second-order valence-electron chi connectivity index (χ2n) is 5.25. The molecular weight excluding hydrogens is 224 g/mol. The summed E-state index contributed by atoms with van der Waals surface area (Å²) in [5, 5.41) is 3.46. The van der Waals surface area contributed by atoms with Crippen LogP contribution in [-0.2, 0) is 6.42 Å². The Bertz CT molecular complexity index is 375. The highest BCUT2D eigenvalue weighted by molar-refractivity contribution is 5.41. The zero-order valence-corrected chi connectivity index (χ0v) is 12.3. The van der Waals surface area contributed by atoms with Crippen LogP contribution in [0.2, 0.25) is 0 Å². The topological polar surface area (TPSA) is 34.1 Å². The lowest BCUT2D eigenvalue weighted by Crippen LogP contribution is -2.21. The molecule has 0 atom stereocenters. The summed E-state index contributed by atoms with van der Waals surface area (Å²) in [4.78, 5) is 4.51. The van der Waals surface area contributed by atoms with Gasteiger partial charge in [-0.1, -0.05) is 13.8 Å². The molecule has 18 heavy (non-hydrogen) atoms. The molecule has 0 aliphatic heterocycles. The molecule has 0 aliphatic rings. The Labute approximate surface area is 111 Å². The number of methoxy groups -OCH3 is 1. The fourth-order valence-corrected chi connectivity index (χ4v) is 2.09. The van der Waals surface area contributed by atoms with Gasteiger partial charge in [0.1, 0.15) is 5.75 Å². The van der Waals surface area contributed by atoms with Crippen LogP contribution in [0.5, 0.6) is 5.75 Å². The molecule has 102 valence electrons. The molecule has 0 fully saturated rings. The molecule has 1 aromatic rings. The van der Waals surface area contributed by atoms with E-state index >= 15 is 0 Å². The van der Waals surface area contributed by atoms with Crippen LogP contribution < -0.4 is 10.1 Å². The summed E-state index contributed by atoms with van der Waals surface area (Å²) in [5.41, 5.74) is 3.45. The summed E-state index contributed by atoms with van der Waals surface area (Å²) in [7, 11) is 1.73. The van der Waals surface area contributed by atoms with Crippen molar-refractivity contribution in [2.45, 2.75) is 40.5 Å². The molecule has 1 heterocycles. The first kappa shape index (κ1) is 15.0. The fourth-order valence-electron chi connectivity index (χ4n) is 2.09. The molecule has 0 amide bonds. The predicted molar refractivity (Wildman–Crippen MR) is 76.3 cm³/mol. The van der Waals surface area contributed by atoms with Gasteiger partial charge in [-0.3, -0.25) is 4.98 Å². The van der Waals surface area contributed by atoms with Gasteiger partial charge in [0.05, 0.1) is 7.11 Å². The van der Waals surface area contributed by atoms with E-state index in [2.05, 4.69) is 31.1 Å². The molecule has 0 aromatic carbocycles. The lowest BCUT2D eigenvalue weighted by Gasteiger charge is -2.12. The Kier molecular flexibility index (Phi) is 6.13. The number of ether oxygens (including phenoxy) is 1. The van der Waals surface area contributed by atoms with Crippen molar-refractivity contribution in [2.75, 3.05) is 20.2 Å². The van der Waals surface area contributed by atoms with Crippen LogP contribution in [0.4, 0.5) is 0 Å². The molecule has 1 aromatic heterocycles. The van der Waals surface area contributed by atoms with E-state index in [0.717, 1.165) is 42.9 Å². The third-order valence-corrected chi connectivity index (χ3v) is 3.07. The second-order valence-corrected chi connectivity index (χ2v) is 5.25. The quantitative estimate of drug-likeness (QED) is 0.756. The molecule has 0 radical (unpaired) electrons. The molecule has 1 rings (SSSR count). The van der Waals surface area contributed by atoms with Crippen LogP contribution in [0.25, 0.3) is 0 Å². The third kappa shape index (κ3) is 4.30. The maximum absolute atomic E-state index is 5.42. The predicted octanol–water partition coefficient (Wildman–Crippen LogP) is 2.89. The lowest BCUT2D eigenvalue weighted by molar-refractivity contribution is 0.406. The van der Waals surface area contributed by atoms with Crippen molar-refractivity contribution in [3.63, 3.8) is 0 Å². The number of nitrogens with zero attached hydrogens (tertiary/aromatic N) is 1. The Morgan fingerprint density at radius 2 is 2.06 bits per heavy atom. The van der Waals surface area contributed by atoms with Gasteiger partial charge in [-0.2, -0.15) is 0 Å². The van der Waals surface area contributed by atoms with Crippen LogP contribution in [0, 0.1) is 19.8 Å². The minimum Gasteiger partial charge on any atom is -0.496 e. The normalized spacial score (nSPS) is 11.0. The van der Waals surface area contributed by atoms with Crippen molar-refractivity contribution in [3.8, 4) is 5.75 Å². The monoisotopic (exact) mass is 250 g/mol. The molecule has 0 saturated heterocycles. The number of pyridine rings is 1. The van der Waals surface area contributed by atoms with Gasteiger partial charge in [-0.25, -0.2) is 0 Å². The van der Waals surface area contributed by atoms with Gasteiger partial charge in [0.15, 0.2) is 0 Å². The van der Waals surface area contributed by atoms with Crippen molar-refractivity contribution >= 4 is 0 Å². The summed E-state index contributed by atoms with van der Waals surface area (Å²) in [6.45, 7) is 10.7. The van der Waals surface area contributed by atoms with Crippen molar-refractivity contribution in [1.29, 1.82) is 0 Å². The van der Waals surface area contributed by atoms with Crippen molar-refractivity contribution < 1.29 is 4.74 Å². The molecule has 0 spiro atoms. The molecule has 3 nitrogen and oxygen atoms in total. The highest BCUT2D eigenvalue weighted by Gasteiger charge is 2.08. The van der Waals surface area contributed by atoms with Gasteiger partial charge in [-0.15, -0.1) is 0 Å². The number of hydrogen-bond donors (Lipinski definition) is 1. The summed E-state index contributed by atoms with van der Waals surface area (Å²) in [6, 6.07) is 0. The van der Waals surface area contributed by atoms with Crippen LogP contribution in [0.1, 0.15) is 37.1 Å². The summed E-state index contributed by atoms with van der Waals surface area (Å²) in [6.07, 6.45) is 4.03. The first-order valence-electron chi connectivity index (χ1n) is 6.76.